The van der Waals surface area contributed by atoms with Crippen LogP contribution in [0.1, 0.15) is 28.1 Å². The van der Waals surface area contributed by atoms with Crippen LogP contribution in [-0.2, 0) is 13.0 Å². The van der Waals surface area contributed by atoms with Crippen LogP contribution in [0.3, 0.4) is 0 Å². The Kier molecular flexibility index (Phi) is 10.8. The molecule has 1 heterocycles. The van der Waals surface area contributed by atoms with Crippen molar-refractivity contribution < 1.29 is 9.21 Å². The number of carbonyl (C=O) groups excluding carboxylic acids is 1. The van der Waals surface area contributed by atoms with Crippen LogP contribution in [0, 0.1) is 0 Å². The molecule has 3 rings (SSSR count). The highest BCUT2D eigenvalue weighted by molar-refractivity contribution is 5.96. The lowest BCUT2D eigenvalue weighted by molar-refractivity contribution is 0.0924. The number of furan rings is 1. The van der Waals surface area contributed by atoms with E-state index in [1.54, 1.807) is 6.07 Å². The van der Waals surface area contributed by atoms with Crippen molar-refractivity contribution in [2.24, 2.45) is 5.73 Å². The molecule has 3 aromatic rings. The molecular weight excluding hydrogens is 409 g/mol. The van der Waals surface area contributed by atoms with Crippen LogP contribution in [0.15, 0.2) is 59.0 Å². The van der Waals surface area contributed by atoms with Crippen LogP contribution >= 0.6 is 24.8 Å². The number of benzene rings is 2. The van der Waals surface area contributed by atoms with Gasteiger partial charge in [0, 0.05) is 25.0 Å². The minimum Gasteiger partial charge on any atom is -0.451 e. The summed E-state index contributed by atoms with van der Waals surface area (Å²) in [6.45, 7) is 2.97. The van der Waals surface area contributed by atoms with Crippen molar-refractivity contribution in [3.63, 3.8) is 0 Å². The third-order valence-electron chi connectivity index (χ3n) is 4.69. The molecule has 158 valence electrons. The van der Waals surface area contributed by atoms with Crippen LogP contribution in [0.5, 0.6) is 0 Å². The Labute approximate surface area is 184 Å². The number of amides is 1. The van der Waals surface area contributed by atoms with E-state index in [0.29, 0.717) is 18.8 Å². The molecule has 0 unspecified atom stereocenters. The molecule has 7 heteroatoms. The molecule has 1 aromatic heterocycles. The number of aryl methyl sites for hydroxylation is 1. The van der Waals surface area contributed by atoms with Gasteiger partial charge in [0.1, 0.15) is 5.58 Å². The molecular formula is C22H29Cl2N3O2. The first-order chi connectivity index (χ1) is 13.2. The molecule has 0 fully saturated rings. The van der Waals surface area contributed by atoms with Gasteiger partial charge in [-0.3, -0.25) is 4.79 Å². The molecule has 5 nitrogen and oxygen atoms in total. The number of para-hydroxylation sites is 1. The van der Waals surface area contributed by atoms with Crippen molar-refractivity contribution in [3.8, 4) is 0 Å². The first-order valence-electron chi connectivity index (χ1n) is 9.39. The number of nitrogens with two attached hydrogens (primary N) is 1. The Hall–Kier alpha value is -2.05. The van der Waals surface area contributed by atoms with Crippen molar-refractivity contribution in [1.82, 2.24) is 10.2 Å². The molecule has 0 saturated carbocycles. The molecule has 0 radical (unpaired) electrons. The number of rotatable bonds is 9. The largest absolute Gasteiger partial charge is 0.451 e. The highest BCUT2D eigenvalue weighted by atomic mass is 35.5. The molecule has 0 spiro atoms. The zero-order valence-electron chi connectivity index (χ0n) is 16.6. The van der Waals surface area contributed by atoms with Gasteiger partial charge in [-0.1, -0.05) is 42.5 Å². The fourth-order valence-corrected chi connectivity index (χ4v) is 3.05. The topological polar surface area (TPSA) is 71.5 Å². The van der Waals surface area contributed by atoms with Gasteiger partial charge in [0.25, 0.3) is 5.91 Å². The summed E-state index contributed by atoms with van der Waals surface area (Å²) in [6, 6.07) is 17.9. The maximum Gasteiger partial charge on any atom is 0.287 e. The van der Waals surface area contributed by atoms with Crippen LogP contribution in [-0.4, -0.2) is 37.5 Å². The van der Waals surface area contributed by atoms with Gasteiger partial charge in [0.05, 0.1) is 0 Å². The maximum atomic E-state index is 12.2. The number of hydrogen-bond acceptors (Lipinski definition) is 4. The predicted molar refractivity (Wildman–Crippen MR) is 123 cm³/mol. The second-order valence-electron chi connectivity index (χ2n) is 6.83. The Balaban J connectivity index is 0.00000210. The van der Waals surface area contributed by atoms with E-state index < -0.39 is 0 Å². The summed E-state index contributed by atoms with van der Waals surface area (Å²) >= 11 is 0. The molecule has 0 aliphatic heterocycles. The molecule has 29 heavy (non-hydrogen) atoms. The molecule has 0 bridgehead atoms. The van der Waals surface area contributed by atoms with E-state index in [1.165, 1.54) is 5.56 Å². The highest BCUT2D eigenvalue weighted by Crippen LogP contribution is 2.18. The van der Waals surface area contributed by atoms with Gasteiger partial charge >= 0.3 is 0 Å². The molecule has 0 aliphatic rings. The van der Waals surface area contributed by atoms with E-state index in [-0.39, 0.29) is 30.7 Å². The average Bonchev–Trinajstić information content (AvgIpc) is 3.13. The van der Waals surface area contributed by atoms with Crippen molar-refractivity contribution in [2.75, 3.05) is 26.7 Å². The van der Waals surface area contributed by atoms with E-state index in [9.17, 15) is 4.79 Å². The lowest BCUT2D eigenvalue weighted by Crippen LogP contribution is -2.33. The monoisotopic (exact) mass is 437 g/mol. The summed E-state index contributed by atoms with van der Waals surface area (Å²) in [5, 5.41) is 3.87. The second kappa shape index (κ2) is 12.5. The zero-order chi connectivity index (χ0) is 19.1. The number of hydrogen-bond donors (Lipinski definition) is 2. The Bertz CT molecular complexity index is 848. The number of fused-ring (bicyclic) bond motifs is 1. The average molecular weight is 438 g/mol. The third-order valence-corrected chi connectivity index (χ3v) is 4.69. The van der Waals surface area contributed by atoms with Crippen molar-refractivity contribution in [1.29, 1.82) is 0 Å². The normalized spacial score (nSPS) is 10.4. The second-order valence-corrected chi connectivity index (χ2v) is 6.83. The Morgan fingerprint density at radius 2 is 1.72 bits per heavy atom. The number of likely N-dealkylation sites (N-methyl/N-ethyl adjacent to an activating group) is 1. The van der Waals surface area contributed by atoms with Crippen LogP contribution in [0.4, 0.5) is 0 Å². The highest BCUT2D eigenvalue weighted by Gasteiger charge is 2.11. The molecule has 0 aliphatic carbocycles. The van der Waals surface area contributed by atoms with Crippen molar-refractivity contribution >= 4 is 41.7 Å². The zero-order valence-corrected chi connectivity index (χ0v) is 18.2. The quantitative estimate of drug-likeness (QED) is 0.529. The standard InChI is InChI=1S/C22H27N3O2.2ClH/c1-25(13-4-5-17-8-10-18(16-23)11-9-17)14-12-24-22(26)21-15-19-6-2-3-7-20(19)27-21;;/h2-3,6-11,15H,4-5,12-14,16,23H2,1H3,(H,24,26);2*1H. The Morgan fingerprint density at radius 3 is 2.41 bits per heavy atom. The fraction of sp³-hybridized carbons (Fsp3) is 0.318. The van der Waals surface area contributed by atoms with E-state index in [4.69, 9.17) is 10.2 Å². The van der Waals surface area contributed by atoms with E-state index in [0.717, 1.165) is 42.5 Å². The first kappa shape index (κ1) is 25.0. The van der Waals surface area contributed by atoms with Gasteiger partial charge in [-0.05, 0) is 49.7 Å². The summed E-state index contributed by atoms with van der Waals surface area (Å²) in [7, 11) is 2.07. The maximum absolute atomic E-state index is 12.2. The molecule has 2 aromatic carbocycles. The smallest absolute Gasteiger partial charge is 0.287 e. The summed E-state index contributed by atoms with van der Waals surface area (Å²) in [6.07, 6.45) is 2.12. The minimum absolute atomic E-state index is 0. The van der Waals surface area contributed by atoms with Gasteiger partial charge in [0.15, 0.2) is 5.76 Å². The van der Waals surface area contributed by atoms with Gasteiger partial charge in [-0.2, -0.15) is 0 Å². The summed E-state index contributed by atoms with van der Waals surface area (Å²) in [5.74, 6) is 0.194. The lowest BCUT2D eigenvalue weighted by Gasteiger charge is -2.16. The summed E-state index contributed by atoms with van der Waals surface area (Å²) in [4.78, 5) is 14.4. The van der Waals surface area contributed by atoms with E-state index in [2.05, 4.69) is 41.5 Å². The molecule has 3 N–H and O–H groups in total. The van der Waals surface area contributed by atoms with Gasteiger partial charge in [0.2, 0.25) is 0 Å². The summed E-state index contributed by atoms with van der Waals surface area (Å²) < 4.78 is 5.58. The minimum atomic E-state index is -0.167. The Morgan fingerprint density at radius 1 is 1.03 bits per heavy atom. The van der Waals surface area contributed by atoms with Gasteiger partial charge < -0.3 is 20.4 Å². The van der Waals surface area contributed by atoms with Crippen LogP contribution < -0.4 is 11.1 Å². The van der Waals surface area contributed by atoms with Crippen LogP contribution in [0.25, 0.3) is 11.0 Å². The lowest BCUT2D eigenvalue weighted by atomic mass is 10.1. The number of halogens is 2. The van der Waals surface area contributed by atoms with Gasteiger partial charge in [-0.25, -0.2) is 0 Å². The number of nitrogens with one attached hydrogen (secondary N) is 1. The fourth-order valence-electron chi connectivity index (χ4n) is 3.05. The molecule has 0 atom stereocenters. The van der Waals surface area contributed by atoms with E-state index >= 15 is 0 Å². The number of nitrogens with zero attached hydrogens (tertiary/aromatic N) is 1. The van der Waals surface area contributed by atoms with Crippen LogP contribution in [0.2, 0.25) is 0 Å². The van der Waals surface area contributed by atoms with Crippen molar-refractivity contribution in [2.45, 2.75) is 19.4 Å². The SMILES string of the molecule is CN(CCCc1ccc(CN)cc1)CCNC(=O)c1cc2ccccc2o1.Cl.Cl. The summed E-state index contributed by atoms with van der Waals surface area (Å²) in [5.41, 5.74) is 8.85. The van der Waals surface area contributed by atoms with Crippen molar-refractivity contribution in [3.05, 3.63) is 71.5 Å². The molecule has 0 saturated heterocycles. The number of carbonyl (C=O) groups is 1. The third kappa shape index (κ3) is 7.37. The van der Waals surface area contributed by atoms with Gasteiger partial charge in [-0.15, -0.1) is 24.8 Å². The first-order valence-corrected chi connectivity index (χ1v) is 9.39. The molecule has 1 amide bonds. The van der Waals surface area contributed by atoms with E-state index in [1.807, 2.05) is 24.3 Å². The predicted octanol–water partition coefficient (Wildman–Crippen LogP) is 4.03.